The van der Waals surface area contributed by atoms with Crippen LogP contribution in [0, 0.1) is 0 Å². The van der Waals surface area contributed by atoms with Crippen LogP contribution in [0.1, 0.15) is 18.1 Å². The second-order valence-electron chi connectivity index (χ2n) is 5.67. The molecule has 0 fully saturated rings. The summed E-state index contributed by atoms with van der Waals surface area (Å²) in [5.41, 5.74) is 1.20. The number of nitrogens with zero attached hydrogens (tertiary/aromatic N) is 1. The molecule has 0 aromatic heterocycles. The lowest BCUT2D eigenvalue weighted by Crippen LogP contribution is -2.18. The van der Waals surface area contributed by atoms with Crippen LogP contribution in [0.15, 0.2) is 54.6 Å². The van der Waals surface area contributed by atoms with Crippen LogP contribution in [0.2, 0.25) is 5.02 Å². The molecule has 0 aliphatic rings. The summed E-state index contributed by atoms with van der Waals surface area (Å²) in [4.78, 5) is 20.4. The van der Waals surface area contributed by atoms with E-state index in [9.17, 15) is 0 Å². The number of ether oxygens (including phenoxy) is 1. The third-order valence-corrected chi connectivity index (χ3v) is 3.54. The highest BCUT2D eigenvalue weighted by atomic mass is 35.5. The Bertz CT molecular complexity index is 677. The molecule has 1 unspecified atom stereocenters. The molecule has 140 valence electrons. The highest BCUT2D eigenvalue weighted by Crippen LogP contribution is 2.26. The molecule has 0 aliphatic heterocycles. The number of carboxylic acids is 2. The first-order chi connectivity index (χ1) is 12.3. The SMILES string of the molecule is CN(C)CCC(Oc1ccc(Cl)cc1)c1ccccc1.O=C(O)C(=O)O. The molecule has 2 rings (SSSR count). The van der Waals surface area contributed by atoms with Gasteiger partial charge < -0.3 is 19.8 Å². The predicted molar refractivity (Wildman–Crippen MR) is 99.7 cm³/mol. The van der Waals surface area contributed by atoms with Gasteiger partial charge in [-0.2, -0.15) is 0 Å². The van der Waals surface area contributed by atoms with Crippen molar-refractivity contribution in [2.75, 3.05) is 20.6 Å². The maximum atomic E-state index is 9.10. The summed E-state index contributed by atoms with van der Waals surface area (Å²) in [5.74, 6) is -2.80. The first-order valence-corrected chi connectivity index (χ1v) is 8.25. The fourth-order valence-electron chi connectivity index (χ4n) is 2.01. The second-order valence-corrected chi connectivity index (χ2v) is 6.11. The monoisotopic (exact) mass is 379 g/mol. The molecular weight excluding hydrogens is 358 g/mol. The average Bonchev–Trinajstić information content (AvgIpc) is 2.61. The van der Waals surface area contributed by atoms with Crippen LogP contribution in [-0.4, -0.2) is 47.7 Å². The van der Waals surface area contributed by atoms with E-state index in [0.29, 0.717) is 0 Å². The van der Waals surface area contributed by atoms with Gasteiger partial charge in [-0.1, -0.05) is 41.9 Å². The smallest absolute Gasteiger partial charge is 0.414 e. The minimum atomic E-state index is -1.82. The molecule has 0 spiro atoms. The summed E-state index contributed by atoms with van der Waals surface area (Å²) in [6.07, 6.45) is 0.999. The van der Waals surface area contributed by atoms with Gasteiger partial charge in [-0.05, 0) is 43.9 Å². The van der Waals surface area contributed by atoms with Gasteiger partial charge in [-0.25, -0.2) is 9.59 Å². The number of carboxylic acid groups (broad SMARTS) is 2. The molecular formula is C19H22ClNO5. The van der Waals surface area contributed by atoms with E-state index in [-0.39, 0.29) is 6.10 Å². The normalized spacial score (nSPS) is 11.2. The van der Waals surface area contributed by atoms with Crippen molar-refractivity contribution in [2.45, 2.75) is 12.5 Å². The second kappa shape index (κ2) is 11.1. The molecule has 2 N–H and O–H groups in total. The number of carbonyl (C=O) groups is 2. The van der Waals surface area contributed by atoms with Crippen LogP contribution >= 0.6 is 11.6 Å². The van der Waals surface area contributed by atoms with E-state index >= 15 is 0 Å². The van der Waals surface area contributed by atoms with Gasteiger partial charge in [0.05, 0.1) is 0 Å². The van der Waals surface area contributed by atoms with Crippen molar-refractivity contribution in [1.29, 1.82) is 0 Å². The minimum absolute atomic E-state index is 0.0553. The zero-order valence-electron chi connectivity index (χ0n) is 14.6. The molecule has 0 amide bonds. The lowest BCUT2D eigenvalue weighted by atomic mass is 10.1. The highest BCUT2D eigenvalue weighted by molar-refractivity contribution is 6.30. The van der Waals surface area contributed by atoms with E-state index in [2.05, 4.69) is 31.1 Å². The Morgan fingerprint density at radius 2 is 1.54 bits per heavy atom. The Kier molecular flexibility index (Phi) is 9.19. The molecule has 2 aromatic rings. The van der Waals surface area contributed by atoms with E-state index in [0.717, 1.165) is 23.7 Å². The van der Waals surface area contributed by atoms with Crippen molar-refractivity contribution < 1.29 is 24.5 Å². The number of benzene rings is 2. The van der Waals surface area contributed by atoms with Crippen molar-refractivity contribution in [3.8, 4) is 5.75 Å². The molecule has 1 atom stereocenters. The third kappa shape index (κ3) is 8.50. The third-order valence-electron chi connectivity index (χ3n) is 3.28. The van der Waals surface area contributed by atoms with Crippen LogP contribution in [-0.2, 0) is 9.59 Å². The van der Waals surface area contributed by atoms with Crippen LogP contribution in [0.5, 0.6) is 5.75 Å². The molecule has 0 aliphatic carbocycles. The van der Waals surface area contributed by atoms with Gasteiger partial charge in [0.1, 0.15) is 11.9 Å². The first-order valence-electron chi connectivity index (χ1n) is 7.87. The van der Waals surface area contributed by atoms with Gasteiger partial charge in [0.2, 0.25) is 0 Å². The van der Waals surface area contributed by atoms with Crippen molar-refractivity contribution in [2.24, 2.45) is 0 Å². The molecule has 26 heavy (non-hydrogen) atoms. The van der Waals surface area contributed by atoms with E-state index in [1.807, 2.05) is 42.5 Å². The first kappa shape index (κ1) is 21.5. The van der Waals surface area contributed by atoms with E-state index < -0.39 is 11.9 Å². The van der Waals surface area contributed by atoms with Crippen LogP contribution in [0.25, 0.3) is 0 Å². The Morgan fingerprint density at radius 3 is 2.00 bits per heavy atom. The van der Waals surface area contributed by atoms with E-state index in [4.69, 9.17) is 36.1 Å². The summed E-state index contributed by atoms with van der Waals surface area (Å²) >= 11 is 5.91. The van der Waals surface area contributed by atoms with E-state index in [1.165, 1.54) is 5.56 Å². The Balaban J connectivity index is 0.000000487. The summed E-state index contributed by atoms with van der Waals surface area (Å²) < 4.78 is 6.12. The Morgan fingerprint density at radius 1 is 1.00 bits per heavy atom. The Hall–Kier alpha value is -2.57. The van der Waals surface area contributed by atoms with E-state index in [1.54, 1.807) is 0 Å². The summed E-state index contributed by atoms with van der Waals surface area (Å²) in [6, 6.07) is 17.9. The molecule has 7 heteroatoms. The zero-order valence-corrected chi connectivity index (χ0v) is 15.4. The summed E-state index contributed by atoms with van der Waals surface area (Å²) in [7, 11) is 4.15. The average molecular weight is 380 g/mol. The maximum absolute atomic E-state index is 9.10. The van der Waals surface area contributed by atoms with Gasteiger partial charge in [-0.15, -0.1) is 0 Å². The van der Waals surface area contributed by atoms with Crippen LogP contribution in [0.4, 0.5) is 0 Å². The van der Waals surface area contributed by atoms with Crippen LogP contribution in [0.3, 0.4) is 0 Å². The largest absolute Gasteiger partial charge is 0.486 e. The predicted octanol–water partition coefficient (Wildman–Crippen LogP) is 3.57. The molecule has 0 heterocycles. The number of hydrogen-bond acceptors (Lipinski definition) is 4. The number of rotatable bonds is 6. The van der Waals surface area contributed by atoms with Gasteiger partial charge >= 0.3 is 11.9 Å². The number of aliphatic carboxylic acids is 2. The standard InChI is InChI=1S/C17H20ClNO.C2H2O4/c1-19(2)13-12-17(14-6-4-3-5-7-14)20-16-10-8-15(18)9-11-16;3-1(4)2(5)6/h3-11,17H,12-13H2,1-2H3;(H,3,4)(H,5,6). The van der Waals surface area contributed by atoms with Gasteiger partial charge in [-0.3, -0.25) is 0 Å². The zero-order chi connectivity index (χ0) is 19.5. The topological polar surface area (TPSA) is 87.1 Å². The number of halogens is 1. The van der Waals surface area contributed by atoms with Gasteiger partial charge in [0.25, 0.3) is 0 Å². The lowest BCUT2D eigenvalue weighted by Gasteiger charge is -2.21. The van der Waals surface area contributed by atoms with Crippen molar-refractivity contribution in [3.63, 3.8) is 0 Å². The molecule has 2 aromatic carbocycles. The highest BCUT2D eigenvalue weighted by Gasteiger charge is 2.13. The summed E-state index contributed by atoms with van der Waals surface area (Å²) in [6.45, 7) is 0.979. The van der Waals surface area contributed by atoms with Crippen LogP contribution < -0.4 is 4.74 Å². The van der Waals surface area contributed by atoms with Crippen molar-refractivity contribution in [3.05, 3.63) is 65.2 Å². The van der Waals surface area contributed by atoms with Gasteiger partial charge in [0, 0.05) is 18.0 Å². The quantitative estimate of drug-likeness (QED) is 0.746. The van der Waals surface area contributed by atoms with Gasteiger partial charge in [0.15, 0.2) is 0 Å². The fraction of sp³-hybridized carbons (Fsp3) is 0.263. The molecule has 0 saturated carbocycles. The molecule has 0 bridgehead atoms. The molecule has 6 nitrogen and oxygen atoms in total. The fourth-order valence-corrected chi connectivity index (χ4v) is 2.14. The maximum Gasteiger partial charge on any atom is 0.414 e. The summed E-state index contributed by atoms with van der Waals surface area (Å²) in [5, 5.41) is 15.5. The minimum Gasteiger partial charge on any atom is -0.486 e. The Labute approximate surface area is 157 Å². The lowest BCUT2D eigenvalue weighted by molar-refractivity contribution is -0.159. The number of hydrogen-bond donors (Lipinski definition) is 2. The van der Waals surface area contributed by atoms with Crippen molar-refractivity contribution >= 4 is 23.5 Å². The van der Waals surface area contributed by atoms with Crippen molar-refractivity contribution in [1.82, 2.24) is 4.90 Å². The molecule has 0 radical (unpaired) electrons. The molecule has 0 saturated heterocycles.